The summed E-state index contributed by atoms with van der Waals surface area (Å²) in [5, 5.41) is 0. The molecule has 0 N–H and O–H groups in total. The SMILES string of the molecule is CCCC(=O)c1cc(Br)c(C(=O)CCC)cc1Br. The molecule has 0 aliphatic rings. The van der Waals surface area contributed by atoms with E-state index in [-0.39, 0.29) is 11.6 Å². The van der Waals surface area contributed by atoms with Gasteiger partial charge >= 0.3 is 0 Å². The molecule has 0 atom stereocenters. The van der Waals surface area contributed by atoms with Crippen molar-refractivity contribution in [3.8, 4) is 0 Å². The molecule has 0 bridgehead atoms. The molecule has 0 unspecified atom stereocenters. The lowest BCUT2D eigenvalue weighted by atomic mass is 10.0. The second kappa shape index (κ2) is 7.19. The number of hydrogen-bond acceptors (Lipinski definition) is 2. The summed E-state index contributed by atoms with van der Waals surface area (Å²) in [6.07, 6.45) is 2.68. The first-order chi connectivity index (χ1) is 8.51. The van der Waals surface area contributed by atoms with Crippen LogP contribution in [0, 0.1) is 0 Å². The number of carbonyl (C=O) groups excluding carboxylic acids is 2. The Morgan fingerprint density at radius 2 is 1.22 bits per heavy atom. The average Bonchev–Trinajstić information content (AvgIpc) is 2.32. The van der Waals surface area contributed by atoms with Crippen LogP contribution >= 0.6 is 31.9 Å². The van der Waals surface area contributed by atoms with E-state index in [1.807, 2.05) is 13.8 Å². The van der Waals surface area contributed by atoms with Gasteiger partial charge < -0.3 is 0 Å². The third-order valence-electron chi connectivity index (χ3n) is 2.61. The second-order valence-corrected chi connectivity index (χ2v) is 5.87. The molecule has 1 rings (SSSR count). The quantitative estimate of drug-likeness (QED) is 0.642. The van der Waals surface area contributed by atoms with Crippen molar-refractivity contribution in [2.75, 3.05) is 0 Å². The average molecular weight is 376 g/mol. The van der Waals surface area contributed by atoms with Gasteiger partial charge in [0.15, 0.2) is 11.6 Å². The van der Waals surface area contributed by atoms with E-state index in [9.17, 15) is 9.59 Å². The van der Waals surface area contributed by atoms with Gasteiger partial charge in [-0.05, 0) is 25.0 Å². The van der Waals surface area contributed by atoms with Crippen molar-refractivity contribution in [3.05, 3.63) is 32.2 Å². The maximum atomic E-state index is 11.9. The fourth-order valence-corrected chi connectivity index (χ4v) is 2.83. The van der Waals surface area contributed by atoms with Crippen molar-refractivity contribution in [1.82, 2.24) is 0 Å². The topological polar surface area (TPSA) is 34.1 Å². The zero-order valence-corrected chi connectivity index (χ0v) is 13.7. The van der Waals surface area contributed by atoms with Crippen molar-refractivity contribution in [2.45, 2.75) is 39.5 Å². The van der Waals surface area contributed by atoms with E-state index < -0.39 is 0 Å². The fourth-order valence-electron chi connectivity index (χ4n) is 1.70. The van der Waals surface area contributed by atoms with Gasteiger partial charge in [0.1, 0.15) is 0 Å². The Balaban J connectivity index is 3.11. The third kappa shape index (κ3) is 3.75. The molecule has 0 heterocycles. The molecule has 1 aromatic rings. The third-order valence-corrected chi connectivity index (χ3v) is 3.92. The van der Waals surface area contributed by atoms with Crippen LogP contribution in [0.4, 0.5) is 0 Å². The van der Waals surface area contributed by atoms with Gasteiger partial charge in [0.2, 0.25) is 0 Å². The molecule has 0 spiro atoms. The molecule has 0 aliphatic carbocycles. The minimum absolute atomic E-state index is 0.0968. The van der Waals surface area contributed by atoms with Crippen LogP contribution in [0.5, 0.6) is 0 Å². The summed E-state index contributed by atoms with van der Waals surface area (Å²) in [5.74, 6) is 0.194. The standard InChI is InChI=1S/C14H16Br2O2/c1-3-5-13(17)9-7-12(16)10(8-11(9)15)14(18)6-4-2/h7-8H,3-6H2,1-2H3. The minimum Gasteiger partial charge on any atom is -0.294 e. The normalized spacial score (nSPS) is 10.4. The van der Waals surface area contributed by atoms with Gasteiger partial charge in [-0.3, -0.25) is 9.59 Å². The lowest BCUT2D eigenvalue weighted by Gasteiger charge is -2.08. The molecule has 18 heavy (non-hydrogen) atoms. The number of halogens is 2. The number of benzene rings is 1. The highest BCUT2D eigenvalue weighted by atomic mass is 79.9. The van der Waals surface area contributed by atoms with Crippen molar-refractivity contribution >= 4 is 43.4 Å². The van der Waals surface area contributed by atoms with Crippen molar-refractivity contribution in [3.63, 3.8) is 0 Å². The summed E-state index contributed by atoms with van der Waals surface area (Å²) in [4.78, 5) is 23.8. The van der Waals surface area contributed by atoms with Crippen LogP contribution in [0.25, 0.3) is 0 Å². The highest BCUT2D eigenvalue weighted by Gasteiger charge is 2.16. The lowest BCUT2D eigenvalue weighted by Crippen LogP contribution is -2.04. The first kappa shape index (κ1) is 15.6. The first-order valence-corrected chi connectivity index (χ1v) is 7.65. The smallest absolute Gasteiger partial charge is 0.164 e. The fraction of sp³-hybridized carbons (Fsp3) is 0.429. The molecular weight excluding hydrogens is 360 g/mol. The van der Waals surface area contributed by atoms with Crippen LogP contribution in [-0.4, -0.2) is 11.6 Å². The van der Waals surface area contributed by atoms with Crippen molar-refractivity contribution in [1.29, 1.82) is 0 Å². The maximum Gasteiger partial charge on any atom is 0.164 e. The van der Waals surface area contributed by atoms with E-state index in [0.717, 1.165) is 12.8 Å². The van der Waals surface area contributed by atoms with E-state index in [2.05, 4.69) is 31.9 Å². The first-order valence-electron chi connectivity index (χ1n) is 6.06. The number of carbonyl (C=O) groups is 2. The van der Waals surface area contributed by atoms with Gasteiger partial charge in [0, 0.05) is 32.9 Å². The zero-order chi connectivity index (χ0) is 13.7. The van der Waals surface area contributed by atoms with Crippen LogP contribution in [0.1, 0.15) is 60.2 Å². The summed E-state index contributed by atoms with van der Waals surface area (Å²) < 4.78 is 1.40. The molecule has 4 heteroatoms. The summed E-state index contributed by atoms with van der Waals surface area (Å²) >= 11 is 6.75. The molecule has 0 saturated carbocycles. The Bertz CT molecular complexity index is 423. The summed E-state index contributed by atoms with van der Waals surface area (Å²) in [6.45, 7) is 3.94. The van der Waals surface area contributed by atoms with Gasteiger partial charge in [0.25, 0.3) is 0 Å². The Labute approximate surface area is 124 Å². The highest BCUT2D eigenvalue weighted by molar-refractivity contribution is 9.11. The Hall–Kier alpha value is -0.480. The Morgan fingerprint density at radius 3 is 1.50 bits per heavy atom. The number of rotatable bonds is 6. The lowest BCUT2D eigenvalue weighted by molar-refractivity contribution is 0.0969. The number of ketones is 2. The maximum absolute atomic E-state index is 11.9. The predicted molar refractivity (Wildman–Crippen MR) is 80.3 cm³/mol. The van der Waals surface area contributed by atoms with E-state index >= 15 is 0 Å². The number of Topliss-reactive ketones (excluding diaryl/α,β-unsaturated/α-hetero) is 2. The molecule has 2 nitrogen and oxygen atoms in total. The summed E-state index contributed by atoms with van der Waals surface area (Å²) in [5.41, 5.74) is 1.27. The van der Waals surface area contributed by atoms with Gasteiger partial charge in [-0.2, -0.15) is 0 Å². The highest BCUT2D eigenvalue weighted by Crippen LogP contribution is 2.28. The Morgan fingerprint density at radius 1 is 0.889 bits per heavy atom. The van der Waals surface area contributed by atoms with Crippen LogP contribution in [-0.2, 0) is 0 Å². The van der Waals surface area contributed by atoms with E-state index in [4.69, 9.17) is 0 Å². The summed E-state index contributed by atoms with van der Waals surface area (Å²) in [7, 11) is 0. The molecule has 0 aromatic heterocycles. The molecule has 98 valence electrons. The molecule has 0 fully saturated rings. The van der Waals surface area contributed by atoms with Gasteiger partial charge in [-0.15, -0.1) is 0 Å². The van der Waals surface area contributed by atoms with E-state index in [1.54, 1.807) is 12.1 Å². The Kier molecular flexibility index (Phi) is 6.22. The molecule has 0 radical (unpaired) electrons. The van der Waals surface area contributed by atoms with Crippen LogP contribution in [0.15, 0.2) is 21.1 Å². The summed E-state index contributed by atoms with van der Waals surface area (Å²) in [6, 6.07) is 3.48. The molecule has 0 aliphatic heterocycles. The van der Waals surface area contributed by atoms with E-state index in [0.29, 0.717) is 32.9 Å². The van der Waals surface area contributed by atoms with Gasteiger partial charge in [-0.25, -0.2) is 0 Å². The van der Waals surface area contributed by atoms with Crippen LogP contribution in [0.3, 0.4) is 0 Å². The second-order valence-electron chi connectivity index (χ2n) is 4.16. The number of hydrogen-bond donors (Lipinski definition) is 0. The van der Waals surface area contributed by atoms with Crippen molar-refractivity contribution < 1.29 is 9.59 Å². The monoisotopic (exact) mass is 374 g/mol. The van der Waals surface area contributed by atoms with Crippen LogP contribution < -0.4 is 0 Å². The molecule has 1 aromatic carbocycles. The molecule has 0 amide bonds. The van der Waals surface area contributed by atoms with Gasteiger partial charge in [-0.1, -0.05) is 45.7 Å². The molecule has 0 saturated heterocycles. The van der Waals surface area contributed by atoms with Crippen molar-refractivity contribution in [2.24, 2.45) is 0 Å². The minimum atomic E-state index is 0.0968. The van der Waals surface area contributed by atoms with Crippen LogP contribution in [0.2, 0.25) is 0 Å². The largest absolute Gasteiger partial charge is 0.294 e. The van der Waals surface area contributed by atoms with E-state index in [1.165, 1.54) is 0 Å². The zero-order valence-electron chi connectivity index (χ0n) is 10.6. The van der Waals surface area contributed by atoms with Gasteiger partial charge in [0.05, 0.1) is 0 Å². The predicted octanol–water partition coefficient (Wildman–Crippen LogP) is 5.18. The molecular formula is C14H16Br2O2.